The van der Waals surface area contributed by atoms with Crippen molar-refractivity contribution >= 4 is 0 Å². The Labute approximate surface area is 197 Å². The first-order valence-corrected chi connectivity index (χ1v) is 11.4. The van der Waals surface area contributed by atoms with Crippen molar-refractivity contribution in [3.8, 4) is 0 Å². The largest absolute Gasteiger partial charge is 0.391 e. The van der Waals surface area contributed by atoms with Gasteiger partial charge in [-0.25, -0.2) is 0 Å². The fraction of sp³-hybridized carbons (Fsp3) is 1.00. The normalized spacial score (nSPS) is 53.5. The first kappa shape index (κ1) is 28.0. The van der Waals surface area contributed by atoms with Crippen LogP contribution in [0.5, 0.6) is 0 Å². The Bertz CT molecular complexity index is 675. The molecule has 0 amide bonds. The molecule has 14 nitrogen and oxygen atoms in total. The lowest BCUT2D eigenvalue weighted by molar-refractivity contribution is -0.319. The molecule has 1 aliphatic carbocycles. The monoisotopic (exact) mass is 496 g/mol. The third-order valence-electron chi connectivity index (χ3n) is 6.95. The van der Waals surface area contributed by atoms with Crippen LogP contribution in [0.25, 0.3) is 0 Å². The van der Waals surface area contributed by atoms with E-state index in [1.54, 1.807) is 7.05 Å². The average Bonchev–Trinajstić information content (AvgIpc) is 2.75. The molecule has 200 valence electrons. The number of rotatable bonds is 6. The van der Waals surface area contributed by atoms with E-state index in [-0.39, 0.29) is 13.0 Å². The van der Waals surface area contributed by atoms with Crippen molar-refractivity contribution in [3.63, 3.8) is 0 Å². The van der Waals surface area contributed by atoms with Crippen molar-refractivity contribution in [3.05, 3.63) is 0 Å². The first-order valence-electron chi connectivity index (χ1n) is 11.4. The van der Waals surface area contributed by atoms with Crippen LogP contribution in [0, 0.1) is 0 Å². The summed E-state index contributed by atoms with van der Waals surface area (Å²) in [6.45, 7) is 2.75. The zero-order valence-corrected chi connectivity index (χ0v) is 19.5. The smallest absolute Gasteiger partial charge is 0.185 e. The molecule has 34 heavy (non-hydrogen) atoms. The highest BCUT2D eigenvalue weighted by Gasteiger charge is 2.52. The number of ether oxygens (including phenoxy) is 4. The van der Waals surface area contributed by atoms with Crippen LogP contribution in [0.3, 0.4) is 0 Å². The highest BCUT2D eigenvalue weighted by atomic mass is 16.7. The van der Waals surface area contributed by atoms with E-state index in [4.69, 9.17) is 36.1 Å². The van der Waals surface area contributed by atoms with Crippen molar-refractivity contribution in [1.82, 2.24) is 5.32 Å². The summed E-state index contributed by atoms with van der Waals surface area (Å²) in [4.78, 5) is 0. The van der Waals surface area contributed by atoms with E-state index in [9.17, 15) is 30.6 Å². The first-order chi connectivity index (χ1) is 15.8. The Kier molecular flexibility index (Phi) is 8.92. The van der Waals surface area contributed by atoms with Crippen molar-refractivity contribution in [2.45, 2.75) is 111 Å². The minimum atomic E-state index is -1.46. The van der Waals surface area contributed by atoms with Gasteiger partial charge in [-0.2, -0.15) is 0 Å². The van der Waals surface area contributed by atoms with Gasteiger partial charge in [-0.15, -0.1) is 0 Å². The van der Waals surface area contributed by atoms with Gasteiger partial charge in [0, 0.05) is 12.1 Å². The highest BCUT2D eigenvalue weighted by molar-refractivity contribution is 5.02. The highest BCUT2D eigenvalue weighted by Crippen LogP contribution is 2.32. The van der Waals surface area contributed by atoms with E-state index in [1.165, 1.54) is 13.8 Å². The lowest BCUT2D eigenvalue weighted by atomic mass is 9.84. The van der Waals surface area contributed by atoms with Crippen LogP contribution in [0.15, 0.2) is 0 Å². The number of likely N-dealkylation sites (N-methyl/N-ethyl adjacent to an activating group) is 1. The third-order valence-corrected chi connectivity index (χ3v) is 6.95. The number of aliphatic hydroxyl groups is 6. The summed E-state index contributed by atoms with van der Waals surface area (Å²) >= 11 is 0. The Morgan fingerprint density at radius 1 is 0.941 bits per heavy atom. The van der Waals surface area contributed by atoms with Gasteiger partial charge in [0.2, 0.25) is 0 Å². The second kappa shape index (κ2) is 10.8. The van der Waals surface area contributed by atoms with Gasteiger partial charge in [0.05, 0.1) is 24.8 Å². The zero-order chi connectivity index (χ0) is 25.5. The van der Waals surface area contributed by atoms with Gasteiger partial charge < -0.3 is 72.1 Å². The van der Waals surface area contributed by atoms with Crippen LogP contribution in [0.4, 0.5) is 0 Å². The van der Waals surface area contributed by atoms with Crippen molar-refractivity contribution in [2.24, 2.45) is 17.2 Å². The summed E-state index contributed by atoms with van der Waals surface area (Å²) in [6.07, 6.45) is -12.4. The van der Waals surface area contributed by atoms with Gasteiger partial charge in [0.1, 0.15) is 48.3 Å². The van der Waals surface area contributed by atoms with E-state index >= 15 is 0 Å². The SMILES string of the molecule is CNC1C(O)[C@@H](OC2C(O)[C@H](O[C@H]3OC(C(C)O)[C@@H](O)C(O)C3N)C(N)C[C@H]2N)OC[C@]1(C)O. The minimum absolute atomic E-state index is 0.135. The third kappa shape index (κ3) is 5.40. The summed E-state index contributed by atoms with van der Waals surface area (Å²) in [6, 6.07) is -3.47. The Balaban J connectivity index is 1.73. The van der Waals surface area contributed by atoms with Crippen LogP contribution in [0.1, 0.15) is 20.3 Å². The van der Waals surface area contributed by atoms with Crippen molar-refractivity contribution in [2.75, 3.05) is 13.7 Å². The second-order valence-electron chi connectivity index (χ2n) is 9.82. The molecule has 13 N–H and O–H groups in total. The molecule has 3 fully saturated rings. The van der Waals surface area contributed by atoms with Gasteiger partial charge >= 0.3 is 0 Å². The standard InChI is InChI=1S/C20H40N4O10/c1-6(25)14-11(27)10(26)9(23)18(32-14)33-15-7(21)4-8(22)16(12(15)28)34-19-13(29)17(24-3)20(2,30)5-31-19/h6-19,24-30H,4-5,21-23H2,1-3H3/t6?,7?,8-,9?,10?,11+,12?,13?,14?,15-,16?,17?,18-,19-,20+/m1/s1. The molecular formula is C20H40N4O10. The molecule has 0 radical (unpaired) electrons. The van der Waals surface area contributed by atoms with Gasteiger partial charge in [0.15, 0.2) is 12.6 Å². The van der Waals surface area contributed by atoms with E-state index in [1.807, 2.05) is 0 Å². The van der Waals surface area contributed by atoms with E-state index in [0.717, 1.165) is 0 Å². The lowest BCUT2D eigenvalue weighted by Crippen LogP contribution is -2.69. The van der Waals surface area contributed by atoms with Gasteiger partial charge in [-0.1, -0.05) is 0 Å². The number of nitrogens with two attached hydrogens (primary N) is 3. The Morgan fingerprint density at radius 3 is 2.03 bits per heavy atom. The number of nitrogens with one attached hydrogen (secondary N) is 1. The fourth-order valence-electron chi connectivity index (χ4n) is 4.95. The minimum Gasteiger partial charge on any atom is -0.391 e. The predicted molar refractivity (Wildman–Crippen MR) is 116 cm³/mol. The fourth-order valence-corrected chi connectivity index (χ4v) is 4.95. The van der Waals surface area contributed by atoms with Crippen molar-refractivity contribution < 1.29 is 49.6 Å². The molecule has 9 unspecified atom stereocenters. The maximum absolute atomic E-state index is 11.1. The summed E-state index contributed by atoms with van der Waals surface area (Å²) < 4.78 is 22.8. The molecule has 0 bridgehead atoms. The quantitative estimate of drug-likeness (QED) is 0.165. The number of hydrogen-bond donors (Lipinski definition) is 10. The molecule has 0 spiro atoms. The molecule has 2 heterocycles. The molecule has 2 aliphatic heterocycles. The van der Waals surface area contributed by atoms with Crippen molar-refractivity contribution in [1.29, 1.82) is 0 Å². The molecule has 3 aliphatic rings. The second-order valence-corrected chi connectivity index (χ2v) is 9.82. The van der Waals surface area contributed by atoms with Crippen LogP contribution < -0.4 is 22.5 Å². The topological polar surface area (TPSA) is 248 Å². The van der Waals surface area contributed by atoms with Gasteiger partial charge in [-0.3, -0.25) is 0 Å². The van der Waals surface area contributed by atoms with Crippen LogP contribution in [-0.2, 0) is 18.9 Å². The summed E-state index contributed by atoms with van der Waals surface area (Å²) in [5, 5.41) is 65.2. The number of hydrogen-bond acceptors (Lipinski definition) is 14. The van der Waals surface area contributed by atoms with Crippen LogP contribution in [0.2, 0.25) is 0 Å². The van der Waals surface area contributed by atoms with Crippen LogP contribution in [-0.4, -0.2) is 135 Å². The van der Waals surface area contributed by atoms with Crippen LogP contribution >= 0.6 is 0 Å². The summed E-state index contributed by atoms with van der Waals surface area (Å²) in [7, 11) is 1.58. The van der Waals surface area contributed by atoms with Gasteiger partial charge in [0.25, 0.3) is 0 Å². The molecule has 14 heteroatoms. The molecule has 2 saturated heterocycles. The summed E-state index contributed by atoms with van der Waals surface area (Å²) in [5.41, 5.74) is 17.0. The number of aliphatic hydroxyl groups excluding tert-OH is 5. The Morgan fingerprint density at radius 2 is 1.50 bits per heavy atom. The molecule has 15 atom stereocenters. The van der Waals surface area contributed by atoms with Gasteiger partial charge in [-0.05, 0) is 27.3 Å². The predicted octanol–water partition coefficient (Wildman–Crippen LogP) is -5.61. The Hall–Kier alpha value is -0.560. The van der Waals surface area contributed by atoms with E-state index in [2.05, 4.69) is 5.32 Å². The maximum Gasteiger partial charge on any atom is 0.185 e. The van der Waals surface area contributed by atoms with E-state index < -0.39 is 91.2 Å². The molecular weight excluding hydrogens is 456 g/mol. The average molecular weight is 497 g/mol. The zero-order valence-electron chi connectivity index (χ0n) is 19.5. The summed E-state index contributed by atoms with van der Waals surface area (Å²) in [5.74, 6) is 0. The lowest BCUT2D eigenvalue weighted by Gasteiger charge is -2.49. The molecule has 0 aromatic carbocycles. The molecule has 1 saturated carbocycles. The van der Waals surface area contributed by atoms with E-state index in [0.29, 0.717) is 0 Å². The molecule has 0 aromatic heterocycles. The molecule has 0 aromatic rings. The molecule has 3 rings (SSSR count). The maximum atomic E-state index is 11.1.